The van der Waals surface area contributed by atoms with Crippen LogP contribution < -0.4 is 5.32 Å². The first kappa shape index (κ1) is 14.8. The first-order valence-electron chi connectivity index (χ1n) is 6.38. The summed E-state index contributed by atoms with van der Waals surface area (Å²) in [6.07, 6.45) is 0. The summed E-state index contributed by atoms with van der Waals surface area (Å²) in [6.45, 7) is 2.74. The van der Waals surface area contributed by atoms with Crippen molar-refractivity contribution in [1.82, 2.24) is 4.90 Å². The van der Waals surface area contributed by atoms with Crippen molar-refractivity contribution in [2.45, 2.75) is 13.5 Å². The molecule has 4 heteroatoms. The van der Waals surface area contributed by atoms with Crippen molar-refractivity contribution in [1.29, 1.82) is 0 Å². The lowest BCUT2D eigenvalue weighted by atomic mass is 10.2. The number of hydrogen-bond donors (Lipinski definition) is 1. The van der Waals surface area contributed by atoms with Gasteiger partial charge in [-0.2, -0.15) is 0 Å². The molecule has 0 aliphatic rings. The second-order valence-electron chi connectivity index (χ2n) is 4.74. The molecular formula is C16H17ClN2S. The Morgan fingerprint density at radius 3 is 2.45 bits per heavy atom. The topological polar surface area (TPSA) is 15.3 Å². The summed E-state index contributed by atoms with van der Waals surface area (Å²) in [7, 11) is 1.95. The fourth-order valence-electron chi connectivity index (χ4n) is 1.81. The van der Waals surface area contributed by atoms with Gasteiger partial charge >= 0.3 is 0 Å². The molecule has 0 bridgehead atoms. The average molecular weight is 305 g/mol. The third kappa shape index (κ3) is 3.95. The summed E-state index contributed by atoms with van der Waals surface area (Å²) in [5.41, 5.74) is 3.28. The second kappa shape index (κ2) is 6.73. The van der Waals surface area contributed by atoms with E-state index < -0.39 is 0 Å². The molecule has 0 amide bonds. The van der Waals surface area contributed by atoms with E-state index in [0.717, 1.165) is 16.3 Å². The number of aryl methyl sites for hydroxylation is 1. The quantitative estimate of drug-likeness (QED) is 0.842. The molecule has 104 valence electrons. The van der Waals surface area contributed by atoms with E-state index in [1.54, 1.807) is 0 Å². The maximum Gasteiger partial charge on any atom is 0.173 e. The van der Waals surface area contributed by atoms with Gasteiger partial charge in [-0.1, -0.05) is 47.5 Å². The fourth-order valence-corrected chi connectivity index (χ4v) is 2.19. The largest absolute Gasteiger partial charge is 0.348 e. The van der Waals surface area contributed by atoms with Crippen LogP contribution in [0.2, 0.25) is 5.02 Å². The lowest BCUT2D eigenvalue weighted by Gasteiger charge is -2.21. The number of nitrogens with zero attached hydrogens (tertiary/aromatic N) is 1. The molecule has 0 fully saturated rings. The zero-order chi connectivity index (χ0) is 14.5. The maximum absolute atomic E-state index is 6.16. The molecule has 0 spiro atoms. The fraction of sp³-hybridized carbons (Fsp3) is 0.188. The number of hydrogen-bond acceptors (Lipinski definition) is 1. The van der Waals surface area contributed by atoms with Crippen molar-refractivity contribution in [3.63, 3.8) is 0 Å². The monoisotopic (exact) mass is 304 g/mol. The Labute approximate surface area is 130 Å². The summed E-state index contributed by atoms with van der Waals surface area (Å²) < 4.78 is 0. The van der Waals surface area contributed by atoms with Crippen molar-refractivity contribution >= 4 is 34.6 Å². The number of rotatable bonds is 3. The Morgan fingerprint density at radius 1 is 1.15 bits per heavy atom. The van der Waals surface area contributed by atoms with Crippen molar-refractivity contribution in [3.8, 4) is 0 Å². The molecule has 0 radical (unpaired) electrons. The predicted octanol–water partition coefficient (Wildman–Crippen LogP) is 4.48. The van der Waals surface area contributed by atoms with Crippen LogP contribution in [0.3, 0.4) is 0 Å². The van der Waals surface area contributed by atoms with E-state index >= 15 is 0 Å². The van der Waals surface area contributed by atoms with Crippen LogP contribution in [0.4, 0.5) is 5.69 Å². The van der Waals surface area contributed by atoms with Crippen molar-refractivity contribution in [2.24, 2.45) is 0 Å². The molecular weight excluding hydrogens is 288 g/mol. The number of benzene rings is 2. The Morgan fingerprint density at radius 2 is 1.80 bits per heavy atom. The summed E-state index contributed by atoms with van der Waals surface area (Å²) in [5.74, 6) is 0. The van der Waals surface area contributed by atoms with Gasteiger partial charge < -0.3 is 10.2 Å². The van der Waals surface area contributed by atoms with Crippen LogP contribution >= 0.6 is 23.8 Å². The molecule has 2 aromatic carbocycles. The Hall–Kier alpha value is -1.58. The molecule has 2 rings (SSSR count). The van der Waals surface area contributed by atoms with E-state index in [4.69, 9.17) is 23.8 Å². The Balaban J connectivity index is 1.99. The van der Waals surface area contributed by atoms with E-state index in [1.807, 2.05) is 48.3 Å². The highest BCUT2D eigenvalue weighted by molar-refractivity contribution is 7.80. The van der Waals surface area contributed by atoms with Crippen molar-refractivity contribution in [2.75, 3.05) is 12.4 Å². The van der Waals surface area contributed by atoms with Gasteiger partial charge in [0.05, 0.1) is 0 Å². The standard InChI is InChI=1S/C16H17ClN2S/c1-12-7-9-14(10-8-12)18-16(20)19(2)11-13-5-3-4-6-15(13)17/h3-10H,11H2,1-2H3,(H,18,20). The predicted molar refractivity (Wildman–Crippen MR) is 90.3 cm³/mol. The first-order chi connectivity index (χ1) is 9.56. The zero-order valence-electron chi connectivity index (χ0n) is 11.6. The summed E-state index contributed by atoms with van der Waals surface area (Å²) in [4.78, 5) is 1.97. The number of nitrogens with one attached hydrogen (secondary N) is 1. The molecule has 0 saturated heterocycles. The smallest absolute Gasteiger partial charge is 0.173 e. The van der Waals surface area contributed by atoms with E-state index in [2.05, 4.69) is 24.4 Å². The molecule has 0 aliphatic carbocycles. The normalized spacial score (nSPS) is 10.2. The molecule has 0 unspecified atom stereocenters. The minimum absolute atomic E-state index is 0.675. The lowest BCUT2D eigenvalue weighted by Crippen LogP contribution is -2.30. The molecule has 1 N–H and O–H groups in total. The maximum atomic E-state index is 6.16. The third-order valence-electron chi connectivity index (χ3n) is 3.01. The van der Waals surface area contributed by atoms with E-state index in [9.17, 15) is 0 Å². The summed E-state index contributed by atoms with van der Waals surface area (Å²) in [5, 5.41) is 4.66. The minimum atomic E-state index is 0.675. The highest BCUT2D eigenvalue weighted by Crippen LogP contribution is 2.17. The van der Waals surface area contributed by atoms with Crippen LogP contribution in [-0.2, 0) is 6.54 Å². The van der Waals surface area contributed by atoms with Crippen LogP contribution in [0.25, 0.3) is 0 Å². The van der Waals surface area contributed by atoms with E-state index in [-0.39, 0.29) is 0 Å². The zero-order valence-corrected chi connectivity index (χ0v) is 13.1. The third-order valence-corrected chi connectivity index (χ3v) is 3.80. The highest BCUT2D eigenvalue weighted by atomic mass is 35.5. The molecule has 0 heterocycles. The summed E-state index contributed by atoms with van der Waals surface area (Å²) in [6, 6.07) is 15.9. The molecule has 0 aromatic heterocycles. The molecule has 20 heavy (non-hydrogen) atoms. The lowest BCUT2D eigenvalue weighted by molar-refractivity contribution is 0.508. The van der Waals surface area contributed by atoms with Gasteiger partial charge in [0.1, 0.15) is 0 Å². The van der Waals surface area contributed by atoms with E-state index in [1.165, 1.54) is 5.56 Å². The summed E-state index contributed by atoms with van der Waals surface area (Å²) >= 11 is 11.6. The van der Waals surface area contributed by atoms with E-state index in [0.29, 0.717) is 11.7 Å². The molecule has 2 aromatic rings. The molecule has 2 nitrogen and oxygen atoms in total. The van der Waals surface area contributed by atoms with Gasteiger partial charge in [-0.3, -0.25) is 0 Å². The van der Waals surface area contributed by atoms with Crippen LogP contribution in [0, 0.1) is 6.92 Å². The average Bonchev–Trinajstić information content (AvgIpc) is 2.44. The Bertz CT molecular complexity index is 596. The highest BCUT2D eigenvalue weighted by Gasteiger charge is 2.07. The van der Waals surface area contributed by atoms with Crippen LogP contribution in [0.1, 0.15) is 11.1 Å². The van der Waals surface area contributed by atoms with Crippen LogP contribution in [0.5, 0.6) is 0 Å². The molecule has 0 atom stereocenters. The number of anilines is 1. The van der Waals surface area contributed by atoms with Gasteiger partial charge in [0.25, 0.3) is 0 Å². The van der Waals surface area contributed by atoms with Crippen molar-refractivity contribution < 1.29 is 0 Å². The first-order valence-corrected chi connectivity index (χ1v) is 7.17. The molecule has 0 saturated carbocycles. The molecule has 0 aliphatic heterocycles. The minimum Gasteiger partial charge on any atom is -0.348 e. The van der Waals surface area contributed by atoms with Gasteiger partial charge in [0, 0.05) is 24.3 Å². The van der Waals surface area contributed by atoms with Gasteiger partial charge in [0.2, 0.25) is 0 Å². The SMILES string of the molecule is Cc1ccc(NC(=S)N(C)Cc2ccccc2Cl)cc1. The van der Waals surface area contributed by atoms with Gasteiger partial charge in [-0.25, -0.2) is 0 Å². The van der Waals surface area contributed by atoms with Crippen LogP contribution in [0.15, 0.2) is 48.5 Å². The number of thiocarbonyl (C=S) groups is 1. The second-order valence-corrected chi connectivity index (χ2v) is 5.54. The number of halogens is 1. The van der Waals surface area contributed by atoms with Gasteiger partial charge in [0.15, 0.2) is 5.11 Å². The van der Waals surface area contributed by atoms with Gasteiger partial charge in [-0.05, 0) is 42.9 Å². The van der Waals surface area contributed by atoms with Crippen molar-refractivity contribution in [3.05, 3.63) is 64.7 Å². The van der Waals surface area contributed by atoms with Gasteiger partial charge in [-0.15, -0.1) is 0 Å². The van der Waals surface area contributed by atoms with Crippen LogP contribution in [-0.4, -0.2) is 17.1 Å². The Kier molecular flexibility index (Phi) is 4.99.